The Labute approximate surface area is 130 Å². The normalized spacial score (nSPS) is 10.0. The molecule has 0 radical (unpaired) electrons. The minimum atomic E-state index is -0.632. The summed E-state index contributed by atoms with van der Waals surface area (Å²) in [4.78, 5) is 33.0. The van der Waals surface area contributed by atoms with Crippen LogP contribution in [0.4, 0.5) is 11.4 Å². The Morgan fingerprint density at radius 2 is 2.14 bits per heavy atom. The Kier molecular flexibility index (Phi) is 6.97. The molecule has 1 amide bonds. The first-order valence-corrected chi connectivity index (χ1v) is 7.44. The van der Waals surface area contributed by atoms with Crippen LogP contribution in [0.5, 0.6) is 0 Å². The summed E-state index contributed by atoms with van der Waals surface area (Å²) in [6.45, 7) is 1.97. The topological polar surface area (TPSA) is 98.5 Å². The lowest BCUT2D eigenvalue weighted by Gasteiger charge is -2.06. The lowest BCUT2D eigenvalue weighted by atomic mass is 10.2. The number of amides is 1. The number of hydrogen-bond donors (Lipinski definition) is 1. The molecule has 0 aliphatic rings. The molecule has 9 heteroatoms. The van der Waals surface area contributed by atoms with Crippen LogP contribution in [0.2, 0.25) is 5.02 Å². The van der Waals surface area contributed by atoms with Crippen molar-refractivity contribution in [2.75, 3.05) is 23.4 Å². The van der Waals surface area contributed by atoms with Gasteiger partial charge in [0, 0.05) is 11.1 Å². The Balaban J connectivity index is 2.55. The molecule has 0 heterocycles. The maximum Gasteiger partial charge on any atom is 0.315 e. The summed E-state index contributed by atoms with van der Waals surface area (Å²) < 4.78 is 4.71. The number of rotatable bonds is 7. The predicted octanol–water partition coefficient (Wildman–Crippen LogP) is 2.48. The van der Waals surface area contributed by atoms with E-state index in [0.717, 1.165) is 17.8 Å². The van der Waals surface area contributed by atoms with Gasteiger partial charge in [-0.15, -0.1) is 11.8 Å². The van der Waals surface area contributed by atoms with Gasteiger partial charge >= 0.3 is 5.97 Å². The van der Waals surface area contributed by atoms with Gasteiger partial charge in [0.1, 0.15) is 5.69 Å². The Hall–Kier alpha value is -1.80. The maximum atomic E-state index is 11.7. The average molecular weight is 333 g/mol. The van der Waals surface area contributed by atoms with E-state index in [1.165, 1.54) is 12.1 Å². The summed E-state index contributed by atoms with van der Waals surface area (Å²) in [5, 5.41) is 13.5. The van der Waals surface area contributed by atoms with Crippen LogP contribution in [0, 0.1) is 10.1 Å². The van der Waals surface area contributed by atoms with Crippen molar-refractivity contribution in [3.05, 3.63) is 33.3 Å². The highest BCUT2D eigenvalue weighted by Gasteiger charge is 2.16. The number of thioether (sulfide) groups is 1. The molecule has 0 aromatic heterocycles. The van der Waals surface area contributed by atoms with E-state index in [0.29, 0.717) is 0 Å². The average Bonchev–Trinajstić information content (AvgIpc) is 2.41. The smallest absolute Gasteiger partial charge is 0.315 e. The first-order valence-electron chi connectivity index (χ1n) is 5.91. The zero-order valence-corrected chi connectivity index (χ0v) is 12.7. The maximum absolute atomic E-state index is 11.7. The van der Waals surface area contributed by atoms with Crippen LogP contribution < -0.4 is 5.32 Å². The van der Waals surface area contributed by atoms with Crippen LogP contribution in [0.1, 0.15) is 6.92 Å². The van der Waals surface area contributed by atoms with Gasteiger partial charge in [-0.25, -0.2) is 0 Å². The molecular weight excluding hydrogens is 320 g/mol. The molecule has 1 aromatic rings. The summed E-state index contributed by atoms with van der Waals surface area (Å²) in [6.07, 6.45) is 0. The van der Waals surface area contributed by atoms with Crippen molar-refractivity contribution >= 4 is 46.6 Å². The van der Waals surface area contributed by atoms with Crippen LogP contribution in [0.25, 0.3) is 0 Å². The molecule has 0 fully saturated rings. The van der Waals surface area contributed by atoms with E-state index in [9.17, 15) is 19.7 Å². The number of nitro groups is 1. The number of anilines is 1. The molecule has 1 rings (SSSR count). The summed E-state index contributed by atoms with van der Waals surface area (Å²) in [6, 6.07) is 3.95. The molecule has 0 unspecified atom stereocenters. The molecular formula is C12H13ClN2O5S. The fraction of sp³-hybridized carbons (Fsp3) is 0.333. The third-order valence-electron chi connectivity index (χ3n) is 2.19. The standard InChI is InChI=1S/C12H13ClN2O5S/c1-2-20-12(17)7-21-6-11(16)14-9-4-3-8(13)5-10(9)15(18)19/h3-5H,2,6-7H2,1H3,(H,14,16). The highest BCUT2D eigenvalue weighted by Crippen LogP contribution is 2.27. The van der Waals surface area contributed by atoms with Crippen molar-refractivity contribution < 1.29 is 19.2 Å². The first kappa shape index (κ1) is 17.3. The van der Waals surface area contributed by atoms with Gasteiger partial charge in [0.05, 0.1) is 23.0 Å². The number of nitrogens with zero attached hydrogens (tertiary/aromatic N) is 1. The number of ether oxygens (including phenoxy) is 1. The molecule has 0 atom stereocenters. The molecule has 21 heavy (non-hydrogen) atoms. The van der Waals surface area contributed by atoms with E-state index in [-0.39, 0.29) is 34.5 Å². The second-order valence-electron chi connectivity index (χ2n) is 3.76. The summed E-state index contributed by atoms with van der Waals surface area (Å²) in [5.74, 6) is -0.828. The molecule has 0 saturated carbocycles. The Morgan fingerprint density at radius 3 is 2.76 bits per heavy atom. The molecule has 0 saturated heterocycles. The zero-order valence-electron chi connectivity index (χ0n) is 11.1. The molecule has 0 aliphatic heterocycles. The number of esters is 1. The minimum Gasteiger partial charge on any atom is -0.465 e. The summed E-state index contributed by atoms with van der Waals surface area (Å²) >= 11 is 6.74. The van der Waals surface area contributed by atoms with Gasteiger partial charge in [0.15, 0.2) is 0 Å². The van der Waals surface area contributed by atoms with E-state index in [1.54, 1.807) is 6.92 Å². The number of benzene rings is 1. The van der Waals surface area contributed by atoms with Crippen LogP contribution in [-0.2, 0) is 14.3 Å². The predicted molar refractivity (Wildman–Crippen MR) is 80.7 cm³/mol. The van der Waals surface area contributed by atoms with E-state index >= 15 is 0 Å². The van der Waals surface area contributed by atoms with E-state index in [4.69, 9.17) is 16.3 Å². The van der Waals surface area contributed by atoms with Gasteiger partial charge in [-0.2, -0.15) is 0 Å². The van der Waals surface area contributed by atoms with Crippen LogP contribution in [-0.4, -0.2) is 34.9 Å². The molecule has 0 spiro atoms. The van der Waals surface area contributed by atoms with Crippen molar-refractivity contribution in [2.24, 2.45) is 0 Å². The third-order valence-corrected chi connectivity index (χ3v) is 3.33. The van der Waals surface area contributed by atoms with Gasteiger partial charge in [0.25, 0.3) is 5.69 Å². The lowest BCUT2D eigenvalue weighted by Crippen LogP contribution is -2.17. The molecule has 0 bridgehead atoms. The van der Waals surface area contributed by atoms with Crippen molar-refractivity contribution in [1.82, 2.24) is 0 Å². The highest BCUT2D eigenvalue weighted by molar-refractivity contribution is 8.00. The summed E-state index contributed by atoms with van der Waals surface area (Å²) in [5.41, 5.74) is -0.225. The fourth-order valence-corrected chi connectivity index (χ4v) is 2.15. The van der Waals surface area contributed by atoms with Crippen LogP contribution >= 0.6 is 23.4 Å². The number of carbonyl (C=O) groups excluding carboxylic acids is 2. The quantitative estimate of drug-likeness (QED) is 0.468. The second-order valence-corrected chi connectivity index (χ2v) is 5.19. The monoisotopic (exact) mass is 332 g/mol. The first-order chi connectivity index (χ1) is 9.93. The number of halogens is 1. The van der Waals surface area contributed by atoms with Crippen molar-refractivity contribution in [3.8, 4) is 0 Å². The van der Waals surface area contributed by atoms with Gasteiger partial charge in [0.2, 0.25) is 5.91 Å². The van der Waals surface area contributed by atoms with Gasteiger partial charge in [-0.3, -0.25) is 19.7 Å². The van der Waals surface area contributed by atoms with E-state index < -0.39 is 16.8 Å². The zero-order chi connectivity index (χ0) is 15.8. The van der Waals surface area contributed by atoms with Crippen LogP contribution in [0.3, 0.4) is 0 Å². The molecule has 7 nitrogen and oxygen atoms in total. The van der Waals surface area contributed by atoms with Crippen molar-refractivity contribution in [2.45, 2.75) is 6.92 Å². The largest absolute Gasteiger partial charge is 0.465 e. The number of carbonyl (C=O) groups is 2. The molecule has 0 aliphatic carbocycles. The van der Waals surface area contributed by atoms with Gasteiger partial charge in [-0.05, 0) is 19.1 Å². The summed E-state index contributed by atoms with van der Waals surface area (Å²) in [7, 11) is 0. The highest BCUT2D eigenvalue weighted by atomic mass is 35.5. The van der Waals surface area contributed by atoms with Crippen LogP contribution in [0.15, 0.2) is 18.2 Å². The molecule has 1 N–H and O–H groups in total. The van der Waals surface area contributed by atoms with Crippen molar-refractivity contribution in [3.63, 3.8) is 0 Å². The van der Waals surface area contributed by atoms with E-state index in [1.807, 2.05) is 0 Å². The van der Waals surface area contributed by atoms with Crippen molar-refractivity contribution in [1.29, 1.82) is 0 Å². The van der Waals surface area contributed by atoms with Gasteiger partial charge < -0.3 is 10.1 Å². The Bertz CT molecular complexity index is 552. The fourth-order valence-electron chi connectivity index (χ4n) is 1.38. The SMILES string of the molecule is CCOC(=O)CSCC(=O)Nc1ccc(Cl)cc1[N+](=O)[O-]. The number of nitrogens with one attached hydrogen (secondary N) is 1. The lowest BCUT2D eigenvalue weighted by molar-refractivity contribution is -0.383. The third kappa shape index (κ3) is 6.01. The second kappa shape index (κ2) is 8.48. The molecule has 114 valence electrons. The number of nitro benzene ring substituents is 1. The minimum absolute atomic E-state index is 0.0153. The molecule has 1 aromatic carbocycles. The number of hydrogen-bond acceptors (Lipinski definition) is 6. The van der Waals surface area contributed by atoms with E-state index in [2.05, 4.69) is 5.32 Å². The van der Waals surface area contributed by atoms with Gasteiger partial charge in [-0.1, -0.05) is 11.6 Å². The Morgan fingerprint density at radius 1 is 1.43 bits per heavy atom.